The van der Waals surface area contributed by atoms with E-state index in [1.54, 1.807) is 0 Å². The highest BCUT2D eigenvalue weighted by Gasteiger charge is 2.52. The van der Waals surface area contributed by atoms with Crippen molar-refractivity contribution in [1.29, 1.82) is 0 Å². The van der Waals surface area contributed by atoms with Crippen molar-refractivity contribution in [3.05, 3.63) is 269 Å². The van der Waals surface area contributed by atoms with Crippen LogP contribution in [0.15, 0.2) is 224 Å². The molecular formula is C59H37N3. The van der Waals surface area contributed by atoms with E-state index < -0.39 is 10.8 Å². The minimum absolute atomic E-state index is 0.472. The Morgan fingerprint density at radius 3 is 1.23 bits per heavy atom. The minimum Gasteiger partial charge on any atom is -0.208 e. The summed E-state index contributed by atoms with van der Waals surface area (Å²) >= 11 is 0. The Balaban J connectivity index is 1.07. The van der Waals surface area contributed by atoms with Gasteiger partial charge in [-0.2, -0.15) is 0 Å². The van der Waals surface area contributed by atoms with Crippen LogP contribution >= 0.6 is 0 Å². The molecule has 1 aromatic heterocycles. The van der Waals surface area contributed by atoms with E-state index in [4.69, 9.17) is 15.0 Å². The summed E-state index contributed by atoms with van der Waals surface area (Å²) in [6.07, 6.45) is 0. The van der Waals surface area contributed by atoms with Gasteiger partial charge in [-0.25, -0.2) is 15.0 Å². The molecule has 62 heavy (non-hydrogen) atoms. The second-order valence-electron chi connectivity index (χ2n) is 16.6. The standard InChI is InChI=1S/C59H37N3/c1-4-19-38(20-5-1)55-60-56(39-35-36-45-44-27-10-14-30-48(44)58(53(45)37-39,40-21-6-2-7-22-40)41-23-8-3-9-24-41)62-57(61-55)47-29-18-34-52-54(47)46-28-13-17-33-51(46)59(52)49-31-15-11-25-42(49)43-26-12-16-32-50(43)59/h1-37H. The zero-order valence-electron chi connectivity index (χ0n) is 33.7. The highest BCUT2D eigenvalue weighted by atomic mass is 15.0. The van der Waals surface area contributed by atoms with Gasteiger partial charge in [0, 0.05) is 16.7 Å². The van der Waals surface area contributed by atoms with Gasteiger partial charge < -0.3 is 0 Å². The van der Waals surface area contributed by atoms with E-state index in [0.29, 0.717) is 17.5 Å². The lowest BCUT2D eigenvalue weighted by atomic mass is 9.67. The third kappa shape index (κ3) is 4.62. The Hall–Kier alpha value is -8.01. The van der Waals surface area contributed by atoms with Gasteiger partial charge in [-0.1, -0.05) is 218 Å². The van der Waals surface area contributed by atoms with Crippen LogP contribution in [0, 0.1) is 0 Å². The average Bonchev–Trinajstić information content (AvgIpc) is 3.95. The molecule has 0 saturated heterocycles. The smallest absolute Gasteiger partial charge is 0.164 e. The fourth-order valence-corrected chi connectivity index (χ4v) is 11.3. The molecule has 3 nitrogen and oxygen atoms in total. The first kappa shape index (κ1) is 34.8. The molecular weight excluding hydrogens is 751 g/mol. The number of nitrogens with zero attached hydrogens (tertiary/aromatic N) is 3. The van der Waals surface area contributed by atoms with Gasteiger partial charge in [-0.3, -0.25) is 0 Å². The lowest BCUT2D eigenvalue weighted by molar-refractivity contribution is 0.768. The summed E-state index contributed by atoms with van der Waals surface area (Å²) in [4.78, 5) is 16.2. The molecule has 13 rings (SSSR count). The van der Waals surface area contributed by atoms with Crippen LogP contribution < -0.4 is 0 Å². The van der Waals surface area contributed by atoms with Crippen molar-refractivity contribution in [2.24, 2.45) is 0 Å². The molecule has 10 aromatic rings. The van der Waals surface area contributed by atoms with Crippen molar-refractivity contribution in [3.63, 3.8) is 0 Å². The predicted molar refractivity (Wildman–Crippen MR) is 250 cm³/mol. The molecule has 0 fully saturated rings. The fourth-order valence-electron chi connectivity index (χ4n) is 11.3. The van der Waals surface area contributed by atoms with Crippen LogP contribution in [-0.4, -0.2) is 15.0 Å². The third-order valence-corrected chi connectivity index (χ3v) is 13.6. The summed E-state index contributed by atoms with van der Waals surface area (Å²) in [5.74, 6) is 1.93. The van der Waals surface area contributed by atoms with Gasteiger partial charge in [0.15, 0.2) is 17.5 Å². The Labute approximate surface area is 360 Å². The predicted octanol–water partition coefficient (Wildman–Crippen LogP) is 13.6. The maximum absolute atomic E-state index is 5.50. The molecule has 0 bridgehead atoms. The topological polar surface area (TPSA) is 38.7 Å². The summed E-state index contributed by atoms with van der Waals surface area (Å²) in [7, 11) is 0. The molecule has 3 aliphatic rings. The Kier molecular flexibility index (Phi) is 7.44. The van der Waals surface area contributed by atoms with Crippen molar-refractivity contribution in [2.75, 3.05) is 0 Å². The van der Waals surface area contributed by atoms with E-state index in [1.807, 2.05) is 18.2 Å². The number of hydrogen-bond donors (Lipinski definition) is 0. The van der Waals surface area contributed by atoms with E-state index in [2.05, 4.69) is 206 Å². The number of hydrogen-bond acceptors (Lipinski definition) is 3. The molecule has 3 aliphatic carbocycles. The highest BCUT2D eigenvalue weighted by molar-refractivity contribution is 5.99. The molecule has 0 N–H and O–H groups in total. The summed E-state index contributed by atoms with van der Waals surface area (Å²) in [5, 5.41) is 0. The van der Waals surface area contributed by atoms with Crippen molar-refractivity contribution in [1.82, 2.24) is 15.0 Å². The second kappa shape index (κ2) is 13.2. The number of fused-ring (bicyclic) bond motifs is 13. The van der Waals surface area contributed by atoms with Crippen molar-refractivity contribution >= 4 is 0 Å². The monoisotopic (exact) mass is 787 g/mol. The number of rotatable bonds is 5. The maximum Gasteiger partial charge on any atom is 0.164 e. The van der Waals surface area contributed by atoms with Crippen LogP contribution in [0.2, 0.25) is 0 Å². The van der Waals surface area contributed by atoms with E-state index in [-0.39, 0.29) is 0 Å². The molecule has 3 heteroatoms. The van der Waals surface area contributed by atoms with E-state index in [1.165, 1.54) is 77.9 Å². The van der Waals surface area contributed by atoms with Gasteiger partial charge in [0.1, 0.15) is 0 Å². The van der Waals surface area contributed by atoms with Crippen LogP contribution in [0.5, 0.6) is 0 Å². The van der Waals surface area contributed by atoms with Crippen molar-refractivity contribution in [3.8, 4) is 67.5 Å². The lowest BCUT2D eigenvalue weighted by Gasteiger charge is -2.34. The molecule has 288 valence electrons. The SMILES string of the molecule is c1ccc(-c2nc(-c3ccc4c(c3)C(c3ccccc3)(c3ccccc3)c3ccccc3-4)nc(-c3cccc4c3-c3ccccc3C43c4ccccc4-c4ccccc43)n2)cc1. The second-order valence-corrected chi connectivity index (χ2v) is 16.6. The molecule has 1 heterocycles. The van der Waals surface area contributed by atoms with E-state index >= 15 is 0 Å². The van der Waals surface area contributed by atoms with Gasteiger partial charge >= 0.3 is 0 Å². The third-order valence-electron chi connectivity index (χ3n) is 13.6. The number of benzene rings is 9. The number of aromatic nitrogens is 3. The molecule has 9 aromatic carbocycles. The van der Waals surface area contributed by atoms with Gasteiger partial charge in [0.05, 0.1) is 10.8 Å². The fraction of sp³-hybridized carbons (Fsp3) is 0.0339. The molecule has 1 spiro atoms. The van der Waals surface area contributed by atoms with Gasteiger partial charge in [-0.15, -0.1) is 0 Å². The van der Waals surface area contributed by atoms with E-state index in [9.17, 15) is 0 Å². The van der Waals surface area contributed by atoms with Crippen LogP contribution in [-0.2, 0) is 10.8 Å². The quantitative estimate of drug-likeness (QED) is 0.174. The Morgan fingerprint density at radius 1 is 0.242 bits per heavy atom. The lowest BCUT2D eigenvalue weighted by Crippen LogP contribution is -2.28. The van der Waals surface area contributed by atoms with Crippen LogP contribution in [0.1, 0.15) is 44.5 Å². The van der Waals surface area contributed by atoms with Gasteiger partial charge in [0.2, 0.25) is 0 Å². The van der Waals surface area contributed by atoms with Crippen molar-refractivity contribution < 1.29 is 0 Å². The van der Waals surface area contributed by atoms with Gasteiger partial charge in [0.25, 0.3) is 0 Å². The first-order valence-electron chi connectivity index (χ1n) is 21.4. The maximum atomic E-state index is 5.50. The Morgan fingerprint density at radius 2 is 0.645 bits per heavy atom. The summed E-state index contributed by atoms with van der Waals surface area (Å²) in [6.45, 7) is 0. The van der Waals surface area contributed by atoms with Gasteiger partial charge in [-0.05, 0) is 84.0 Å². The largest absolute Gasteiger partial charge is 0.208 e. The Bertz CT molecular complexity index is 3320. The normalized spacial score (nSPS) is 14.1. The molecule has 0 unspecified atom stereocenters. The highest BCUT2D eigenvalue weighted by Crippen LogP contribution is 2.64. The molecule has 0 atom stereocenters. The summed E-state index contributed by atoms with van der Waals surface area (Å²) in [6, 6.07) is 81.4. The van der Waals surface area contributed by atoms with Crippen LogP contribution in [0.3, 0.4) is 0 Å². The molecule has 0 amide bonds. The zero-order valence-corrected chi connectivity index (χ0v) is 33.7. The van der Waals surface area contributed by atoms with Crippen LogP contribution in [0.4, 0.5) is 0 Å². The molecule has 0 aliphatic heterocycles. The summed E-state index contributed by atoms with van der Waals surface area (Å²) in [5.41, 5.74) is 19.3. The minimum atomic E-state index is -0.547. The first-order valence-corrected chi connectivity index (χ1v) is 21.4. The van der Waals surface area contributed by atoms with Crippen LogP contribution in [0.25, 0.3) is 67.5 Å². The summed E-state index contributed by atoms with van der Waals surface area (Å²) < 4.78 is 0. The average molecular weight is 788 g/mol. The zero-order chi connectivity index (χ0) is 40.8. The van der Waals surface area contributed by atoms with E-state index in [0.717, 1.165) is 16.7 Å². The molecule has 0 saturated carbocycles. The first-order chi connectivity index (χ1) is 30.8. The van der Waals surface area contributed by atoms with Crippen molar-refractivity contribution in [2.45, 2.75) is 10.8 Å². The molecule has 0 radical (unpaired) electrons.